The number of rotatable bonds is 10. The highest BCUT2D eigenvalue weighted by Gasteiger charge is 2.29. The van der Waals surface area contributed by atoms with Crippen molar-refractivity contribution < 1.29 is 27.4 Å². The zero-order valence-electron chi connectivity index (χ0n) is 23.4. The Balaban J connectivity index is 1.61. The summed E-state index contributed by atoms with van der Waals surface area (Å²) in [7, 11) is 1.23. The minimum absolute atomic E-state index is 0.0399. The third kappa shape index (κ3) is 5.94. The number of nitrogens with zero attached hydrogens (tertiary/aromatic N) is 6. The molecule has 1 saturated heterocycles. The summed E-state index contributed by atoms with van der Waals surface area (Å²) in [6.45, 7) is 2.86. The Morgan fingerprint density at radius 3 is 2.44 bits per heavy atom. The van der Waals surface area contributed by atoms with Crippen molar-refractivity contribution in [2.75, 3.05) is 40.2 Å². The van der Waals surface area contributed by atoms with Crippen LogP contribution in [0.5, 0.6) is 17.4 Å². The molecular formula is C28H32N6O6S. The lowest BCUT2D eigenvalue weighted by Crippen LogP contribution is -2.37. The lowest BCUT2D eigenvalue weighted by atomic mass is 9.99. The molecule has 0 saturated carbocycles. The van der Waals surface area contributed by atoms with Crippen LogP contribution in [-0.4, -0.2) is 83.9 Å². The molecule has 1 aromatic carbocycles. The van der Waals surface area contributed by atoms with E-state index in [-0.39, 0.29) is 35.4 Å². The Hall–Kier alpha value is -4.26. The number of amides is 1. The summed E-state index contributed by atoms with van der Waals surface area (Å²) in [5.41, 5.74) is 1.86. The van der Waals surface area contributed by atoms with Crippen LogP contribution in [0.15, 0.2) is 42.6 Å². The van der Waals surface area contributed by atoms with E-state index < -0.39 is 9.84 Å². The SMILES string of the molecule is CCOc1cccc(-c2nc3ncc(CS(=O)(=O)C[C@H]4CCN(C)C(=O)C4)nc3n2-c2c(OC)cccc2OC)n1. The number of fused-ring (bicyclic) bond motifs is 1. The summed E-state index contributed by atoms with van der Waals surface area (Å²) in [5, 5.41) is 0. The molecule has 0 N–H and O–H groups in total. The number of para-hydroxylation sites is 1. The zero-order valence-corrected chi connectivity index (χ0v) is 24.2. The van der Waals surface area contributed by atoms with Crippen LogP contribution in [-0.2, 0) is 20.4 Å². The molecule has 4 heterocycles. The maximum absolute atomic E-state index is 13.2. The van der Waals surface area contributed by atoms with E-state index in [0.717, 1.165) is 0 Å². The highest BCUT2D eigenvalue weighted by molar-refractivity contribution is 7.90. The quantitative estimate of drug-likeness (QED) is 0.275. The fourth-order valence-electron chi connectivity index (χ4n) is 4.95. The van der Waals surface area contributed by atoms with E-state index in [4.69, 9.17) is 24.2 Å². The van der Waals surface area contributed by atoms with Crippen LogP contribution >= 0.6 is 0 Å². The number of ether oxygens (including phenoxy) is 3. The number of methoxy groups -OCH3 is 2. The molecule has 4 aromatic rings. The average molecular weight is 581 g/mol. The number of piperidine rings is 1. The summed E-state index contributed by atoms with van der Waals surface area (Å²) in [6, 6.07) is 10.7. The van der Waals surface area contributed by atoms with Crippen molar-refractivity contribution in [2.24, 2.45) is 5.92 Å². The summed E-state index contributed by atoms with van der Waals surface area (Å²) in [4.78, 5) is 32.3. The molecule has 13 heteroatoms. The van der Waals surface area contributed by atoms with Crippen LogP contribution in [0, 0.1) is 5.92 Å². The van der Waals surface area contributed by atoms with E-state index in [0.29, 0.717) is 65.5 Å². The summed E-state index contributed by atoms with van der Waals surface area (Å²) < 4.78 is 45.1. The van der Waals surface area contributed by atoms with Gasteiger partial charge in [0, 0.05) is 26.1 Å². The first-order valence-electron chi connectivity index (χ1n) is 13.2. The second-order valence-electron chi connectivity index (χ2n) is 9.81. The van der Waals surface area contributed by atoms with Crippen molar-refractivity contribution >= 4 is 27.0 Å². The summed E-state index contributed by atoms with van der Waals surface area (Å²) in [5.74, 6) is 1.12. The van der Waals surface area contributed by atoms with Crippen LogP contribution in [0.4, 0.5) is 0 Å². The first-order valence-corrected chi connectivity index (χ1v) is 15.1. The van der Waals surface area contributed by atoms with Gasteiger partial charge in [-0.05, 0) is 37.5 Å². The molecule has 0 unspecified atom stereocenters. The number of carbonyl (C=O) groups excluding carboxylic acids is 1. The number of aromatic nitrogens is 5. The number of likely N-dealkylation sites (tertiary alicyclic amines) is 1. The van der Waals surface area contributed by atoms with Crippen LogP contribution in [0.1, 0.15) is 25.5 Å². The van der Waals surface area contributed by atoms with Crippen LogP contribution < -0.4 is 14.2 Å². The molecule has 3 aromatic heterocycles. The predicted molar refractivity (Wildman–Crippen MR) is 152 cm³/mol. The summed E-state index contributed by atoms with van der Waals surface area (Å²) in [6.07, 6.45) is 2.28. The van der Waals surface area contributed by atoms with Gasteiger partial charge >= 0.3 is 0 Å². The van der Waals surface area contributed by atoms with Crippen LogP contribution in [0.3, 0.4) is 0 Å². The van der Waals surface area contributed by atoms with Crippen molar-refractivity contribution in [3.8, 4) is 34.6 Å². The molecule has 12 nitrogen and oxygen atoms in total. The number of sulfone groups is 1. The first kappa shape index (κ1) is 28.3. The molecule has 1 amide bonds. The molecule has 1 aliphatic heterocycles. The maximum atomic E-state index is 13.2. The number of carbonyl (C=O) groups is 1. The Kier molecular flexibility index (Phi) is 8.06. The zero-order chi connectivity index (χ0) is 29.1. The molecule has 0 spiro atoms. The van der Waals surface area contributed by atoms with Gasteiger partial charge in [0.25, 0.3) is 0 Å². The molecule has 0 bridgehead atoms. The molecule has 1 atom stereocenters. The fourth-order valence-corrected chi connectivity index (χ4v) is 6.66. The molecule has 1 fully saturated rings. The van der Waals surface area contributed by atoms with Gasteiger partial charge in [0.2, 0.25) is 11.8 Å². The Bertz CT molecular complexity index is 1670. The van der Waals surface area contributed by atoms with E-state index >= 15 is 0 Å². The van der Waals surface area contributed by atoms with E-state index in [1.54, 1.807) is 61.1 Å². The highest BCUT2D eigenvalue weighted by Crippen LogP contribution is 2.38. The monoisotopic (exact) mass is 580 g/mol. The molecular weight excluding hydrogens is 548 g/mol. The van der Waals surface area contributed by atoms with Gasteiger partial charge in [0.1, 0.15) is 22.9 Å². The second-order valence-corrected chi connectivity index (χ2v) is 11.9. The smallest absolute Gasteiger partial charge is 0.222 e. The van der Waals surface area contributed by atoms with E-state index in [9.17, 15) is 13.2 Å². The minimum atomic E-state index is -3.59. The number of imidazole rings is 1. The lowest BCUT2D eigenvalue weighted by Gasteiger charge is -2.28. The number of hydrogen-bond acceptors (Lipinski definition) is 10. The summed E-state index contributed by atoms with van der Waals surface area (Å²) >= 11 is 0. The van der Waals surface area contributed by atoms with Gasteiger partial charge < -0.3 is 19.1 Å². The number of pyridine rings is 1. The van der Waals surface area contributed by atoms with Gasteiger partial charge in [-0.3, -0.25) is 9.36 Å². The first-order chi connectivity index (χ1) is 19.7. The van der Waals surface area contributed by atoms with E-state index in [1.807, 2.05) is 13.0 Å². The Labute approximate surface area is 238 Å². The average Bonchev–Trinajstić information content (AvgIpc) is 3.33. The lowest BCUT2D eigenvalue weighted by molar-refractivity contribution is -0.133. The standard InChI is InChI=1S/C28H32N6O6S/c1-5-40-23-11-6-8-20(31-23)27-32-26-28(34(27)25-21(38-3)9-7-10-22(25)39-4)30-19(15-29-26)17-41(36,37)16-18-12-13-33(2)24(35)14-18/h6-11,15,18H,5,12-14,16-17H2,1-4H3/t18-/m0/s1. The maximum Gasteiger partial charge on any atom is 0.222 e. The predicted octanol–water partition coefficient (Wildman–Crippen LogP) is 3.08. The van der Waals surface area contributed by atoms with Crippen molar-refractivity contribution in [2.45, 2.75) is 25.5 Å². The van der Waals surface area contributed by atoms with Crippen molar-refractivity contribution in [1.29, 1.82) is 0 Å². The van der Waals surface area contributed by atoms with Gasteiger partial charge in [-0.2, -0.15) is 0 Å². The molecule has 0 aliphatic carbocycles. The number of hydrogen-bond donors (Lipinski definition) is 0. The van der Waals surface area contributed by atoms with Gasteiger partial charge in [-0.15, -0.1) is 0 Å². The molecule has 41 heavy (non-hydrogen) atoms. The second kappa shape index (κ2) is 11.7. The third-order valence-electron chi connectivity index (χ3n) is 6.91. The normalized spacial score (nSPS) is 15.8. The highest BCUT2D eigenvalue weighted by atomic mass is 32.2. The van der Waals surface area contributed by atoms with Crippen molar-refractivity contribution in [3.05, 3.63) is 48.3 Å². The molecule has 216 valence electrons. The van der Waals surface area contributed by atoms with Gasteiger partial charge in [0.05, 0.1) is 44.2 Å². The van der Waals surface area contributed by atoms with Gasteiger partial charge in [0.15, 0.2) is 27.0 Å². The molecule has 1 aliphatic rings. The number of benzene rings is 1. The topological polar surface area (TPSA) is 139 Å². The van der Waals surface area contributed by atoms with E-state index in [2.05, 4.69) is 9.97 Å². The minimum Gasteiger partial charge on any atom is -0.494 e. The Morgan fingerprint density at radius 2 is 1.76 bits per heavy atom. The fraction of sp³-hybridized carbons (Fsp3) is 0.393. The third-order valence-corrected chi connectivity index (χ3v) is 8.63. The van der Waals surface area contributed by atoms with Crippen molar-refractivity contribution in [3.63, 3.8) is 0 Å². The molecule has 0 radical (unpaired) electrons. The van der Waals surface area contributed by atoms with Crippen LogP contribution in [0.2, 0.25) is 0 Å². The van der Waals surface area contributed by atoms with Crippen molar-refractivity contribution in [1.82, 2.24) is 29.4 Å². The van der Waals surface area contributed by atoms with Gasteiger partial charge in [-0.1, -0.05) is 12.1 Å². The largest absolute Gasteiger partial charge is 0.494 e. The Morgan fingerprint density at radius 1 is 1.02 bits per heavy atom. The van der Waals surface area contributed by atoms with Gasteiger partial charge in [-0.25, -0.2) is 28.4 Å². The van der Waals surface area contributed by atoms with Crippen LogP contribution in [0.25, 0.3) is 28.5 Å². The van der Waals surface area contributed by atoms with E-state index in [1.165, 1.54) is 6.20 Å². The molecule has 5 rings (SSSR count).